The minimum Gasteiger partial charge on any atom is -0.463 e. The Labute approximate surface area is 233 Å². The van der Waals surface area contributed by atoms with Crippen molar-refractivity contribution in [1.82, 2.24) is 10.2 Å². The Bertz CT molecular complexity index is 1580. The van der Waals surface area contributed by atoms with E-state index >= 15 is 0 Å². The van der Waals surface area contributed by atoms with Gasteiger partial charge < -0.3 is 15.4 Å². The summed E-state index contributed by atoms with van der Waals surface area (Å²) in [5.74, 6) is -0.709. The van der Waals surface area contributed by atoms with Crippen molar-refractivity contribution in [2.75, 3.05) is 18.5 Å². The van der Waals surface area contributed by atoms with Gasteiger partial charge in [-0.2, -0.15) is 0 Å². The third kappa shape index (κ3) is 5.45. The number of amides is 3. The van der Waals surface area contributed by atoms with Crippen molar-refractivity contribution < 1.29 is 19.1 Å². The topological polar surface area (TPSA) is 87.7 Å². The summed E-state index contributed by atoms with van der Waals surface area (Å²) in [7, 11) is 0. The fourth-order valence-corrected chi connectivity index (χ4v) is 4.97. The fraction of sp³-hybridized carbons (Fsp3) is 0.182. The minimum absolute atomic E-state index is 0.207. The van der Waals surface area contributed by atoms with Crippen molar-refractivity contribution in [2.24, 2.45) is 0 Å². The third-order valence-electron chi connectivity index (χ3n) is 6.83. The van der Waals surface area contributed by atoms with Crippen LogP contribution >= 0.6 is 0 Å². The van der Waals surface area contributed by atoms with Crippen LogP contribution in [0.2, 0.25) is 0 Å². The second-order valence-electron chi connectivity index (χ2n) is 9.52. The van der Waals surface area contributed by atoms with Crippen LogP contribution in [-0.2, 0) is 9.53 Å². The summed E-state index contributed by atoms with van der Waals surface area (Å²) in [6, 6.07) is 29.0. The number of esters is 1. The maximum Gasteiger partial charge on any atom is 0.338 e. The molecule has 0 aromatic heterocycles. The van der Waals surface area contributed by atoms with Crippen LogP contribution in [0.3, 0.4) is 0 Å². The highest BCUT2D eigenvalue weighted by Gasteiger charge is 2.38. The lowest BCUT2D eigenvalue weighted by Crippen LogP contribution is -2.48. The summed E-state index contributed by atoms with van der Waals surface area (Å²) < 4.78 is 5.47. The van der Waals surface area contributed by atoms with Crippen molar-refractivity contribution in [3.8, 4) is 0 Å². The predicted molar refractivity (Wildman–Crippen MR) is 157 cm³/mol. The molecule has 1 atom stereocenters. The van der Waals surface area contributed by atoms with E-state index in [9.17, 15) is 14.4 Å². The Morgan fingerprint density at radius 1 is 0.875 bits per heavy atom. The number of hydrogen-bond acceptors (Lipinski definition) is 4. The van der Waals surface area contributed by atoms with Gasteiger partial charge in [-0.25, -0.2) is 9.59 Å². The molecule has 0 saturated carbocycles. The molecule has 0 spiro atoms. The number of carbonyl (C=O) groups is 3. The van der Waals surface area contributed by atoms with Gasteiger partial charge in [0.15, 0.2) is 0 Å². The lowest BCUT2D eigenvalue weighted by molar-refractivity contribution is -0.138. The highest BCUT2D eigenvalue weighted by molar-refractivity contribution is 6.07. The van der Waals surface area contributed by atoms with E-state index in [-0.39, 0.29) is 18.5 Å². The SMILES string of the molecule is CCCN1C(=O)NC(c2ccc(NC(=O)c3ccc4ccccc4c3)cc2)C(C(=O)OCC)=C1c1ccccc1. The van der Waals surface area contributed by atoms with Gasteiger partial charge in [0.1, 0.15) is 0 Å². The van der Waals surface area contributed by atoms with Crippen LogP contribution in [0.25, 0.3) is 16.5 Å². The molecule has 0 radical (unpaired) electrons. The van der Waals surface area contributed by atoms with Gasteiger partial charge in [0.25, 0.3) is 5.91 Å². The quantitative estimate of drug-likeness (QED) is 0.252. The molecule has 1 heterocycles. The van der Waals surface area contributed by atoms with E-state index in [4.69, 9.17) is 4.74 Å². The average molecular weight is 534 g/mol. The van der Waals surface area contributed by atoms with E-state index in [0.717, 1.165) is 22.8 Å². The van der Waals surface area contributed by atoms with E-state index < -0.39 is 12.0 Å². The highest BCUT2D eigenvalue weighted by atomic mass is 16.5. The molecule has 5 rings (SSSR count). The molecule has 1 aliphatic rings. The molecule has 1 unspecified atom stereocenters. The first-order valence-corrected chi connectivity index (χ1v) is 13.4. The normalized spacial score (nSPS) is 15.1. The van der Waals surface area contributed by atoms with Crippen LogP contribution in [0, 0.1) is 0 Å². The second kappa shape index (κ2) is 11.9. The summed E-state index contributed by atoms with van der Waals surface area (Å²) >= 11 is 0. The van der Waals surface area contributed by atoms with Gasteiger partial charge in [0.05, 0.1) is 23.9 Å². The maximum atomic E-state index is 13.4. The van der Waals surface area contributed by atoms with Crippen LogP contribution in [0.1, 0.15) is 47.8 Å². The number of nitrogens with zero attached hydrogens (tertiary/aromatic N) is 1. The molecule has 0 saturated heterocycles. The van der Waals surface area contributed by atoms with E-state index in [0.29, 0.717) is 34.6 Å². The van der Waals surface area contributed by atoms with E-state index in [1.54, 1.807) is 42.2 Å². The van der Waals surface area contributed by atoms with Crippen LogP contribution in [0.5, 0.6) is 0 Å². The largest absolute Gasteiger partial charge is 0.463 e. The zero-order valence-electron chi connectivity index (χ0n) is 22.5. The first-order chi connectivity index (χ1) is 19.5. The van der Waals surface area contributed by atoms with Crippen LogP contribution in [0.15, 0.2) is 103 Å². The standard InChI is InChI=1S/C33H31N3O4/c1-3-20-36-30(24-11-6-5-7-12-24)28(32(38)40-4-2)29(35-33(36)39)23-16-18-27(19-17-23)34-31(37)26-15-14-22-10-8-9-13-25(22)21-26/h5-19,21,29H,3-4,20H2,1-2H3,(H,34,37)(H,35,39). The van der Waals surface area contributed by atoms with Crippen molar-refractivity contribution >= 4 is 40.1 Å². The Morgan fingerprint density at radius 3 is 2.27 bits per heavy atom. The number of urea groups is 1. The Morgan fingerprint density at radius 2 is 1.57 bits per heavy atom. The molecule has 4 aromatic rings. The van der Waals surface area contributed by atoms with Crippen molar-refractivity contribution in [2.45, 2.75) is 26.3 Å². The number of anilines is 1. The maximum absolute atomic E-state index is 13.4. The van der Waals surface area contributed by atoms with E-state index in [1.165, 1.54) is 0 Å². The van der Waals surface area contributed by atoms with Gasteiger partial charge in [0, 0.05) is 17.8 Å². The van der Waals surface area contributed by atoms with E-state index in [2.05, 4.69) is 10.6 Å². The first kappa shape index (κ1) is 26.7. The highest BCUT2D eigenvalue weighted by Crippen LogP contribution is 2.37. The second-order valence-corrected chi connectivity index (χ2v) is 9.52. The zero-order chi connectivity index (χ0) is 28.1. The molecule has 2 N–H and O–H groups in total. The molecular formula is C33H31N3O4. The Balaban J connectivity index is 1.48. The molecule has 4 aromatic carbocycles. The van der Waals surface area contributed by atoms with Crippen molar-refractivity contribution in [3.63, 3.8) is 0 Å². The van der Waals surface area contributed by atoms with Gasteiger partial charge in [0.2, 0.25) is 0 Å². The van der Waals surface area contributed by atoms with Gasteiger partial charge >= 0.3 is 12.0 Å². The lowest BCUT2D eigenvalue weighted by Gasteiger charge is -2.36. The summed E-state index contributed by atoms with van der Waals surface area (Å²) in [5, 5.41) is 7.99. The summed E-state index contributed by atoms with van der Waals surface area (Å²) in [5.41, 5.74) is 3.53. The zero-order valence-corrected chi connectivity index (χ0v) is 22.5. The Kier molecular flexibility index (Phi) is 7.92. The van der Waals surface area contributed by atoms with Gasteiger partial charge in [-0.3, -0.25) is 9.69 Å². The monoisotopic (exact) mass is 533 g/mol. The molecule has 7 heteroatoms. The summed E-state index contributed by atoms with van der Waals surface area (Å²) in [4.78, 5) is 41.2. The third-order valence-corrected chi connectivity index (χ3v) is 6.83. The van der Waals surface area contributed by atoms with Crippen LogP contribution < -0.4 is 10.6 Å². The minimum atomic E-state index is -0.722. The number of ether oxygens (including phenoxy) is 1. The molecule has 1 aliphatic heterocycles. The molecule has 0 aliphatic carbocycles. The molecule has 7 nitrogen and oxygen atoms in total. The summed E-state index contributed by atoms with van der Waals surface area (Å²) in [6.07, 6.45) is 0.718. The number of fused-ring (bicyclic) bond motifs is 1. The summed E-state index contributed by atoms with van der Waals surface area (Å²) in [6.45, 7) is 4.40. The molecule has 3 amide bonds. The molecule has 0 fully saturated rings. The van der Waals surface area contributed by atoms with Crippen molar-refractivity contribution in [3.05, 3.63) is 119 Å². The molecular weight excluding hydrogens is 502 g/mol. The van der Waals surface area contributed by atoms with Gasteiger partial charge in [-0.15, -0.1) is 0 Å². The van der Waals surface area contributed by atoms with Gasteiger partial charge in [-0.1, -0.05) is 79.7 Å². The lowest BCUT2D eigenvalue weighted by atomic mass is 9.91. The number of hydrogen-bond donors (Lipinski definition) is 2. The number of rotatable bonds is 8. The van der Waals surface area contributed by atoms with Crippen molar-refractivity contribution in [1.29, 1.82) is 0 Å². The first-order valence-electron chi connectivity index (χ1n) is 13.4. The van der Waals surface area contributed by atoms with Crippen LogP contribution in [0.4, 0.5) is 10.5 Å². The number of carbonyl (C=O) groups excluding carboxylic acids is 3. The number of benzene rings is 4. The predicted octanol–water partition coefficient (Wildman–Crippen LogP) is 6.54. The van der Waals surface area contributed by atoms with Gasteiger partial charge in [-0.05, 0) is 59.5 Å². The Hall–Kier alpha value is -4.91. The van der Waals surface area contributed by atoms with Crippen LogP contribution in [-0.4, -0.2) is 36.0 Å². The smallest absolute Gasteiger partial charge is 0.338 e. The molecule has 0 bridgehead atoms. The molecule has 202 valence electrons. The molecule has 40 heavy (non-hydrogen) atoms. The van der Waals surface area contributed by atoms with E-state index in [1.807, 2.05) is 73.7 Å². The number of nitrogens with one attached hydrogen (secondary N) is 2. The fourth-order valence-electron chi connectivity index (χ4n) is 4.97. The average Bonchev–Trinajstić information content (AvgIpc) is 2.98.